The molecular formula is C24H21ClF4N6O3. The van der Waals surface area contributed by atoms with Gasteiger partial charge >= 0.3 is 6.18 Å². The maximum Gasteiger partial charge on any atom is 0.418 e. The lowest BCUT2D eigenvalue weighted by atomic mass is 9.95. The number of hydrogen-bond donors (Lipinski definition) is 2. The first kappa shape index (κ1) is 26.2. The van der Waals surface area contributed by atoms with Crippen LogP contribution >= 0.6 is 11.6 Å². The molecule has 38 heavy (non-hydrogen) atoms. The molecule has 9 nitrogen and oxygen atoms in total. The van der Waals surface area contributed by atoms with Gasteiger partial charge in [-0.2, -0.15) is 18.3 Å². The summed E-state index contributed by atoms with van der Waals surface area (Å²) in [6.07, 6.45) is -6.59. The van der Waals surface area contributed by atoms with E-state index >= 15 is 0 Å². The minimum absolute atomic E-state index is 0.00408. The second kappa shape index (κ2) is 10.1. The zero-order valence-electron chi connectivity index (χ0n) is 19.7. The molecule has 0 radical (unpaired) electrons. The standard InChI is InChI=1S/C24H21ClF4N6O3/c1-12-30-23(35(32-12)18-8-15(26)6-7-16(18)24(27,28)29)20-9-19(22(37)21(11-36)38-20)34-10-17(31-33-34)13-2-4-14(25)5-3-13/h2-8,10,19-22,36-37H,9,11H2,1H3. The average molecular weight is 553 g/mol. The molecule has 5 rings (SSSR count). The molecular weight excluding hydrogens is 532 g/mol. The Labute approximate surface area is 218 Å². The van der Waals surface area contributed by atoms with Crippen LogP contribution in [0, 0.1) is 12.7 Å². The molecule has 1 saturated heterocycles. The smallest absolute Gasteiger partial charge is 0.394 e. The van der Waals surface area contributed by atoms with Crippen molar-refractivity contribution in [1.82, 2.24) is 29.8 Å². The summed E-state index contributed by atoms with van der Waals surface area (Å²) in [6.45, 7) is 0.884. The van der Waals surface area contributed by atoms with Gasteiger partial charge in [-0.15, -0.1) is 5.10 Å². The first-order valence-corrected chi connectivity index (χ1v) is 11.9. The molecule has 0 aliphatic carbocycles. The number of alkyl halides is 3. The maximum atomic E-state index is 14.1. The van der Waals surface area contributed by atoms with Crippen molar-refractivity contribution in [2.45, 2.75) is 43.9 Å². The van der Waals surface area contributed by atoms with Crippen LogP contribution in [0.3, 0.4) is 0 Å². The van der Waals surface area contributed by atoms with Crippen LogP contribution in [0.5, 0.6) is 0 Å². The highest BCUT2D eigenvalue weighted by Gasteiger charge is 2.42. The van der Waals surface area contributed by atoms with Crippen molar-refractivity contribution in [2.24, 2.45) is 0 Å². The normalized spacial score (nSPS) is 22.1. The fourth-order valence-corrected chi connectivity index (χ4v) is 4.59. The van der Waals surface area contributed by atoms with E-state index in [2.05, 4.69) is 20.4 Å². The van der Waals surface area contributed by atoms with Gasteiger partial charge in [-0.1, -0.05) is 28.9 Å². The van der Waals surface area contributed by atoms with Crippen molar-refractivity contribution >= 4 is 11.6 Å². The molecule has 0 amide bonds. The minimum Gasteiger partial charge on any atom is -0.394 e. The molecule has 1 aliphatic heterocycles. The molecule has 2 aromatic carbocycles. The van der Waals surface area contributed by atoms with Gasteiger partial charge in [0.1, 0.15) is 35.6 Å². The van der Waals surface area contributed by atoms with Crippen LogP contribution in [-0.2, 0) is 10.9 Å². The molecule has 200 valence electrons. The number of benzene rings is 2. The Bertz CT molecular complexity index is 1440. The lowest BCUT2D eigenvalue weighted by Crippen LogP contribution is -2.45. The Kier molecular flexibility index (Phi) is 6.94. The van der Waals surface area contributed by atoms with Crippen molar-refractivity contribution in [3.05, 3.63) is 76.7 Å². The van der Waals surface area contributed by atoms with E-state index in [1.54, 1.807) is 30.5 Å². The molecule has 0 spiro atoms. The zero-order chi connectivity index (χ0) is 27.2. The second-order valence-electron chi connectivity index (χ2n) is 8.82. The van der Waals surface area contributed by atoms with E-state index in [9.17, 15) is 27.8 Å². The molecule has 0 saturated carbocycles. The molecule has 1 fully saturated rings. The molecule has 4 aromatic rings. The van der Waals surface area contributed by atoms with Crippen molar-refractivity contribution in [3.63, 3.8) is 0 Å². The summed E-state index contributed by atoms with van der Waals surface area (Å²) in [6, 6.07) is 8.14. The Balaban J connectivity index is 1.53. The van der Waals surface area contributed by atoms with E-state index in [-0.39, 0.29) is 18.1 Å². The van der Waals surface area contributed by atoms with Crippen molar-refractivity contribution < 1.29 is 32.5 Å². The number of aromatic nitrogens is 6. The summed E-state index contributed by atoms with van der Waals surface area (Å²) in [5.41, 5.74) is -0.463. The summed E-state index contributed by atoms with van der Waals surface area (Å²) < 4.78 is 63.5. The highest BCUT2D eigenvalue weighted by molar-refractivity contribution is 6.30. The van der Waals surface area contributed by atoms with Gasteiger partial charge in [-0.3, -0.25) is 0 Å². The first-order chi connectivity index (χ1) is 18.0. The molecule has 4 unspecified atom stereocenters. The van der Waals surface area contributed by atoms with E-state index < -0.39 is 54.2 Å². The molecule has 2 aromatic heterocycles. The summed E-state index contributed by atoms with van der Waals surface area (Å²) >= 11 is 5.95. The lowest BCUT2D eigenvalue weighted by Gasteiger charge is -2.38. The summed E-state index contributed by atoms with van der Waals surface area (Å²) in [4.78, 5) is 4.26. The monoisotopic (exact) mass is 552 g/mol. The number of hydrogen-bond acceptors (Lipinski definition) is 7. The maximum absolute atomic E-state index is 14.1. The molecule has 3 heterocycles. The quantitative estimate of drug-likeness (QED) is 0.359. The zero-order valence-corrected chi connectivity index (χ0v) is 20.5. The number of aliphatic hydroxyl groups is 2. The van der Waals surface area contributed by atoms with Crippen molar-refractivity contribution in [3.8, 4) is 16.9 Å². The number of nitrogens with zero attached hydrogens (tertiary/aromatic N) is 6. The van der Waals surface area contributed by atoms with Gasteiger partial charge in [0.15, 0.2) is 5.82 Å². The number of rotatable bonds is 5. The van der Waals surface area contributed by atoms with Gasteiger partial charge in [0.2, 0.25) is 0 Å². The first-order valence-electron chi connectivity index (χ1n) is 11.5. The van der Waals surface area contributed by atoms with Crippen LogP contribution in [0.15, 0.2) is 48.7 Å². The summed E-state index contributed by atoms with van der Waals surface area (Å²) in [5, 5.41) is 33.7. The Morgan fingerprint density at radius 1 is 1.16 bits per heavy atom. The largest absolute Gasteiger partial charge is 0.418 e. The Morgan fingerprint density at radius 3 is 2.58 bits per heavy atom. The Morgan fingerprint density at radius 2 is 1.89 bits per heavy atom. The van der Waals surface area contributed by atoms with Gasteiger partial charge in [-0.25, -0.2) is 18.7 Å². The topological polar surface area (TPSA) is 111 Å². The van der Waals surface area contributed by atoms with Gasteiger partial charge in [0.05, 0.1) is 30.1 Å². The van der Waals surface area contributed by atoms with Crippen LogP contribution in [0.4, 0.5) is 17.6 Å². The second-order valence-corrected chi connectivity index (χ2v) is 9.25. The van der Waals surface area contributed by atoms with E-state index in [0.717, 1.165) is 16.3 Å². The van der Waals surface area contributed by atoms with Gasteiger partial charge in [-0.05, 0) is 31.2 Å². The summed E-state index contributed by atoms with van der Waals surface area (Å²) in [7, 11) is 0. The van der Waals surface area contributed by atoms with E-state index in [1.807, 2.05) is 0 Å². The average Bonchev–Trinajstić information content (AvgIpc) is 3.51. The molecule has 0 bridgehead atoms. The molecule has 4 atom stereocenters. The van der Waals surface area contributed by atoms with E-state index in [1.165, 1.54) is 11.6 Å². The van der Waals surface area contributed by atoms with Crippen LogP contribution in [0.2, 0.25) is 5.02 Å². The highest BCUT2D eigenvalue weighted by atomic mass is 35.5. The molecule has 14 heteroatoms. The van der Waals surface area contributed by atoms with Crippen molar-refractivity contribution in [1.29, 1.82) is 0 Å². The van der Waals surface area contributed by atoms with Crippen LogP contribution in [0.1, 0.15) is 35.8 Å². The van der Waals surface area contributed by atoms with Crippen LogP contribution in [0.25, 0.3) is 16.9 Å². The molecule has 1 aliphatic rings. The third-order valence-electron chi connectivity index (χ3n) is 6.26. The SMILES string of the molecule is Cc1nc(C2CC(n3cc(-c4ccc(Cl)cc4)nn3)C(O)C(CO)O2)n(-c2cc(F)ccc2C(F)(F)F)n1. The number of aliphatic hydroxyl groups excluding tert-OH is 2. The van der Waals surface area contributed by atoms with E-state index in [0.29, 0.717) is 22.8 Å². The molecule has 2 N–H and O–H groups in total. The number of ether oxygens (including phenoxy) is 1. The van der Waals surface area contributed by atoms with E-state index in [4.69, 9.17) is 16.3 Å². The van der Waals surface area contributed by atoms with Crippen LogP contribution < -0.4 is 0 Å². The summed E-state index contributed by atoms with van der Waals surface area (Å²) in [5.74, 6) is -0.822. The highest BCUT2D eigenvalue weighted by Crippen LogP contribution is 2.40. The predicted molar refractivity (Wildman–Crippen MR) is 126 cm³/mol. The third-order valence-corrected chi connectivity index (χ3v) is 6.51. The van der Waals surface area contributed by atoms with Gasteiger partial charge in [0, 0.05) is 23.1 Å². The fraction of sp³-hybridized carbons (Fsp3) is 0.333. The van der Waals surface area contributed by atoms with Crippen LogP contribution in [-0.4, -0.2) is 58.8 Å². The third kappa shape index (κ3) is 5.01. The predicted octanol–water partition coefficient (Wildman–Crippen LogP) is 4.07. The Hall–Kier alpha value is -3.39. The minimum atomic E-state index is -4.79. The van der Waals surface area contributed by atoms with Gasteiger partial charge in [0.25, 0.3) is 0 Å². The lowest BCUT2D eigenvalue weighted by molar-refractivity contribution is -0.161. The fourth-order valence-electron chi connectivity index (χ4n) is 4.46. The number of halogens is 5. The number of aryl methyl sites for hydroxylation is 1. The van der Waals surface area contributed by atoms with Gasteiger partial charge < -0.3 is 14.9 Å². The van der Waals surface area contributed by atoms with Crippen molar-refractivity contribution in [2.75, 3.05) is 6.61 Å².